The van der Waals surface area contributed by atoms with Gasteiger partial charge in [0.1, 0.15) is 0 Å². The van der Waals surface area contributed by atoms with Crippen molar-refractivity contribution in [3.63, 3.8) is 0 Å². The van der Waals surface area contributed by atoms with Gasteiger partial charge in [0.05, 0.1) is 5.54 Å². The number of benzene rings is 1. The number of nitrogens with one attached hydrogen (secondary N) is 1. The molecule has 0 unspecified atom stereocenters. The molecule has 0 atom stereocenters. The van der Waals surface area contributed by atoms with E-state index in [9.17, 15) is 4.79 Å². The van der Waals surface area contributed by atoms with Crippen molar-refractivity contribution in [2.75, 3.05) is 26.2 Å². The maximum absolute atomic E-state index is 10.8. The molecule has 1 aliphatic heterocycles. The molecule has 112 valence electrons. The summed E-state index contributed by atoms with van der Waals surface area (Å²) < 4.78 is 0. The lowest BCUT2D eigenvalue weighted by molar-refractivity contribution is 0.233. The van der Waals surface area contributed by atoms with Crippen LogP contribution in [0.2, 0.25) is 0 Å². The van der Waals surface area contributed by atoms with E-state index in [2.05, 4.69) is 39.5 Å². The lowest BCUT2D eigenvalue weighted by Crippen LogP contribution is -2.42. The first-order valence-corrected chi connectivity index (χ1v) is 7.94. The Kier molecular flexibility index (Phi) is 4.49. The maximum Gasteiger partial charge on any atom is 0.235 e. The molecule has 0 amide bonds. The highest BCUT2D eigenvalue weighted by atomic mass is 16.1. The molecule has 21 heavy (non-hydrogen) atoms. The van der Waals surface area contributed by atoms with Gasteiger partial charge in [-0.25, -0.2) is 4.79 Å². The summed E-state index contributed by atoms with van der Waals surface area (Å²) in [5.74, 6) is 0. The van der Waals surface area contributed by atoms with Gasteiger partial charge in [0.25, 0.3) is 0 Å². The Balaban J connectivity index is 1.72. The summed E-state index contributed by atoms with van der Waals surface area (Å²) in [6, 6.07) is 8.70. The molecule has 1 aromatic rings. The average Bonchev–Trinajstić information content (AvgIpc) is 2.99. The zero-order chi connectivity index (χ0) is 14.5. The van der Waals surface area contributed by atoms with Crippen LogP contribution in [0.1, 0.15) is 36.8 Å². The molecule has 1 saturated heterocycles. The fourth-order valence-corrected chi connectivity index (χ4v) is 3.56. The molecule has 1 aliphatic carbocycles. The van der Waals surface area contributed by atoms with Gasteiger partial charge in [-0.15, -0.1) is 0 Å². The summed E-state index contributed by atoms with van der Waals surface area (Å²) in [4.78, 5) is 17.4. The number of isocyanates is 1. The van der Waals surface area contributed by atoms with E-state index in [1.807, 2.05) is 0 Å². The summed E-state index contributed by atoms with van der Waals surface area (Å²) in [6.45, 7) is 5.39. The lowest BCUT2D eigenvalue weighted by atomic mass is 9.88. The highest BCUT2D eigenvalue weighted by Gasteiger charge is 2.35. The molecular formula is C17H23N3O. The lowest BCUT2D eigenvalue weighted by Gasteiger charge is -2.27. The Morgan fingerprint density at radius 1 is 1.14 bits per heavy atom. The van der Waals surface area contributed by atoms with Crippen LogP contribution in [-0.4, -0.2) is 37.2 Å². The van der Waals surface area contributed by atoms with Crippen LogP contribution in [0.4, 0.5) is 0 Å². The van der Waals surface area contributed by atoms with Gasteiger partial charge in [-0.05, 0) is 24.0 Å². The number of carbonyl (C=O) groups excluding carboxylic acids is 1. The van der Waals surface area contributed by atoms with Crippen molar-refractivity contribution in [3.05, 3.63) is 35.4 Å². The van der Waals surface area contributed by atoms with Gasteiger partial charge in [0.15, 0.2) is 0 Å². The predicted octanol–water partition coefficient (Wildman–Crippen LogP) is 2.20. The minimum absolute atomic E-state index is 0.296. The molecule has 1 saturated carbocycles. The van der Waals surface area contributed by atoms with Crippen LogP contribution in [0.3, 0.4) is 0 Å². The van der Waals surface area contributed by atoms with E-state index in [1.54, 1.807) is 6.08 Å². The molecule has 0 bridgehead atoms. The van der Waals surface area contributed by atoms with Gasteiger partial charge >= 0.3 is 0 Å². The van der Waals surface area contributed by atoms with Gasteiger partial charge in [-0.3, -0.25) is 4.90 Å². The third-order valence-corrected chi connectivity index (χ3v) is 4.80. The van der Waals surface area contributed by atoms with E-state index < -0.39 is 0 Å². The topological polar surface area (TPSA) is 44.7 Å². The highest BCUT2D eigenvalue weighted by molar-refractivity contribution is 5.39. The second-order valence-corrected chi connectivity index (χ2v) is 6.16. The molecule has 2 fully saturated rings. The minimum Gasteiger partial charge on any atom is -0.314 e. The second-order valence-electron chi connectivity index (χ2n) is 6.16. The van der Waals surface area contributed by atoms with E-state index in [-0.39, 0.29) is 5.54 Å². The fraction of sp³-hybridized carbons (Fsp3) is 0.588. The first kappa shape index (κ1) is 14.5. The molecule has 1 aromatic carbocycles. The molecule has 4 heteroatoms. The van der Waals surface area contributed by atoms with Crippen molar-refractivity contribution in [1.29, 1.82) is 0 Å². The monoisotopic (exact) mass is 285 g/mol. The zero-order valence-electron chi connectivity index (χ0n) is 12.5. The normalized spacial score (nSPS) is 21.9. The van der Waals surface area contributed by atoms with Crippen molar-refractivity contribution in [2.45, 2.75) is 37.8 Å². The predicted molar refractivity (Wildman–Crippen MR) is 82.9 cm³/mol. The number of hydrogen-bond donors (Lipinski definition) is 1. The summed E-state index contributed by atoms with van der Waals surface area (Å²) >= 11 is 0. The molecule has 0 spiro atoms. The Hall–Kier alpha value is -1.48. The van der Waals surface area contributed by atoms with Gasteiger partial charge in [0, 0.05) is 32.7 Å². The third kappa shape index (κ3) is 3.24. The Morgan fingerprint density at radius 3 is 2.43 bits per heavy atom. The zero-order valence-corrected chi connectivity index (χ0v) is 12.5. The van der Waals surface area contributed by atoms with Crippen LogP contribution >= 0.6 is 0 Å². The van der Waals surface area contributed by atoms with Crippen LogP contribution in [0.25, 0.3) is 0 Å². The summed E-state index contributed by atoms with van der Waals surface area (Å²) in [5, 5.41) is 3.38. The second kappa shape index (κ2) is 6.52. The highest BCUT2D eigenvalue weighted by Crippen LogP contribution is 2.42. The smallest absolute Gasteiger partial charge is 0.235 e. The van der Waals surface area contributed by atoms with Gasteiger partial charge in [-0.1, -0.05) is 37.1 Å². The SMILES string of the molecule is O=C=NC1(c2ccc(CN3CCNCC3)cc2)CCCC1. The number of nitrogens with zero attached hydrogens (tertiary/aromatic N) is 2. The Bertz CT molecular complexity index is 507. The molecular weight excluding hydrogens is 262 g/mol. The Labute approximate surface area is 126 Å². The van der Waals surface area contributed by atoms with E-state index in [0.29, 0.717) is 0 Å². The molecule has 1 N–H and O–H groups in total. The fourth-order valence-electron chi connectivity index (χ4n) is 3.56. The van der Waals surface area contributed by atoms with E-state index in [1.165, 1.54) is 11.1 Å². The third-order valence-electron chi connectivity index (χ3n) is 4.80. The van der Waals surface area contributed by atoms with Gasteiger partial charge in [0.2, 0.25) is 6.08 Å². The van der Waals surface area contributed by atoms with Crippen LogP contribution < -0.4 is 5.32 Å². The van der Waals surface area contributed by atoms with Gasteiger partial charge in [-0.2, -0.15) is 4.99 Å². The minimum atomic E-state index is -0.296. The van der Waals surface area contributed by atoms with Crippen molar-refractivity contribution in [2.24, 2.45) is 4.99 Å². The average molecular weight is 285 g/mol. The van der Waals surface area contributed by atoms with Crippen molar-refractivity contribution in [3.8, 4) is 0 Å². The number of hydrogen-bond acceptors (Lipinski definition) is 4. The first-order chi connectivity index (χ1) is 10.3. The van der Waals surface area contributed by atoms with Crippen LogP contribution in [0.5, 0.6) is 0 Å². The van der Waals surface area contributed by atoms with E-state index >= 15 is 0 Å². The largest absolute Gasteiger partial charge is 0.314 e. The van der Waals surface area contributed by atoms with Crippen molar-refractivity contribution in [1.82, 2.24) is 10.2 Å². The van der Waals surface area contributed by atoms with E-state index in [4.69, 9.17) is 0 Å². The Morgan fingerprint density at radius 2 is 1.81 bits per heavy atom. The summed E-state index contributed by atoms with van der Waals surface area (Å²) in [7, 11) is 0. The summed E-state index contributed by atoms with van der Waals surface area (Å²) in [6.07, 6.45) is 6.03. The number of aliphatic imine (C=N–C) groups is 1. The summed E-state index contributed by atoms with van der Waals surface area (Å²) in [5.41, 5.74) is 2.21. The molecule has 0 aromatic heterocycles. The molecule has 0 radical (unpaired) electrons. The molecule has 2 aliphatic rings. The molecule has 3 rings (SSSR count). The molecule has 1 heterocycles. The first-order valence-electron chi connectivity index (χ1n) is 7.94. The molecule has 4 nitrogen and oxygen atoms in total. The van der Waals surface area contributed by atoms with E-state index in [0.717, 1.165) is 58.4 Å². The standard InChI is InChI=1S/C17H23N3O/c21-14-19-17(7-1-2-8-17)16-5-3-15(4-6-16)13-20-11-9-18-10-12-20/h3-6,18H,1-2,7-13H2. The van der Waals surface area contributed by atoms with Crippen LogP contribution in [0.15, 0.2) is 29.3 Å². The number of piperazine rings is 1. The van der Waals surface area contributed by atoms with Gasteiger partial charge < -0.3 is 5.32 Å². The number of rotatable bonds is 4. The van der Waals surface area contributed by atoms with Crippen molar-refractivity contribution < 1.29 is 4.79 Å². The maximum atomic E-state index is 10.8. The quantitative estimate of drug-likeness (QED) is 0.681. The van der Waals surface area contributed by atoms with Crippen LogP contribution in [0, 0.1) is 0 Å². The van der Waals surface area contributed by atoms with Crippen molar-refractivity contribution >= 4 is 6.08 Å². The van der Waals surface area contributed by atoms with Crippen LogP contribution in [-0.2, 0) is 16.9 Å².